The van der Waals surface area contributed by atoms with Crippen LogP contribution in [0.15, 0.2) is 66.7 Å². The van der Waals surface area contributed by atoms with Gasteiger partial charge in [0.15, 0.2) is 5.82 Å². The quantitative estimate of drug-likeness (QED) is 0.196. The van der Waals surface area contributed by atoms with Crippen molar-refractivity contribution in [2.75, 3.05) is 10.6 Å². The SMILES string of the molecule is CC(=O)CC(C)c1cccc(CC(=O)Nc2ccc(CCCCc3nnc(NC(=O)Cc4ccccc4)s3)nn2)c1. The lowest BCUT2D eigenvalue weighted by Crippen LogP contribution is -2.16. The molecule has 0 bridgehead atoms. The van der Waals surface area contributed by atoms with Crippen LogP contribution in [0.5, 0.6) is 0 Å². The van der Waals surface area contributed by atoms with Crippen molar-refractivity contribution in [1.82, 2.24) is 20.4 Å². The topological polar surface area (TPSA) is 127 Å². The number of carbonyl (C=O) groups is 3. The molecule has 2 heterocycles. The summed E-state index contributed by atoms with van der Waals surface area (Å²) in [5, 5.41) is 23.7. The van der Waals surface area contributed by atoms with Crippen LogP contribution in [-0.4, -0.2) is 38.0 Å². The number of aryl methyl sites for hydroxylation is 2. The molecule has 1 unspecified atom stereocenters. The molecule has 0 fully saturated rings. The molecule has 0 aliphatic rings. The molecule has 2 aromatic carbocycles. The first-order valence-corrected chi connectivity index (χ1v) is 14.5. The van der Waals surface area contributed by atoms with Crippen molar-refractivity contribution in [3.8, 4) is 0 Å². The fourth-order valence-electron chi connectivity index (χ4n) is 4.42. The third kappa shape index (κ3) is 9.99. The number of hydrogen-bond acceptors (Lipinski definition) is 8. The molecule has 0 aliphatic carbocycles. The van der Waals surface area contributed by atoms with Crippen molar-refractivity contribution < 1.29 is 14.4 Å². The summed E-state index contributed by atoms with van der Waals surface area (Å²) < 4.78 is 0. The minimum atomic E-state index is -0.170. The molecule has 0 saturated carbocycles. The Balaban J connectivity index is 1.16. The molecule has 4 aromatic rings. The fourth-order valence-corrected chi connectivity index (χ4v) is 5.22. The van der Waals surface area contributed by atoms with Gasteiger partial charge in [0.1, 0.15) is 10.8 Å². The van der Waals surface area contributed by atoms with Gasteiger partial charge >= 0.3 is 0 Å². The number of unbranched alkanes of at least 4 members (excludes halogenated alkanes) is 1. The van der Waals surface area contributed by atoms with Gasteiger partial charge < -0.3 is 15.4 Å². The van der Waals surface area contributed by atoms with Gasteiger partial charge in [-0.25, -0.2) is 0 Å². The molecule has 2 aromatic heterocycles. The van der Waals surface area contributed by atoms with Crippen molar-refractivity contribution in [2.45, 2.75) is 64.7 Å². The summed E-state index contributed by atoms with van der Waals surface area (Å²) in [6, 6.07) is 21.0. The fraction of sp³-hybridized carbons (Fsp3) is 0.323. The van der Waals surface area contributed by atoms with E-state index in [0.717, 1.165) is 53.1 Å². The predicted molar refractivity (Wildman–Crippen MR) is 160 cm³/mol. The summed E-state index contributed by atoms with van der Waals surface area (Å²) in [7, 11) is 0. The first kappa shape index (κ1) is 29.7. The number of ketones is 1. The van der Waals surface area contributed by atoms with Crippen LogP contribution < -0.4 is 10.6 Å². The van der Waals surface area contributed by atoms with Crippen molar-refractivity contribution in [2.24, 2.45) is 0 Å². The zero-order chi connectivity index (χ0) is 29.0. The van der Waals surface area contributed by atoms with Crippen LogP contribution in [0.4, 0.5) is 10.9 Å². The van der Waals surface area contributed by atoms with Gasteiger partial charge in [-0.1, -0.05) is 72.9 Å². The molecule has 0 spiro atoms. The number of carbonyl (C=O) groups excluding carboxylic acids is 3. The maximum absolute atomic E-state index is 12.5. The Labute approximate surface area is 243 Å². The standard InChI is InChI=1S/C31H34N6O3S/c1-21(17-22(2)38)25-12-8-11-24(18-25)20-28(39)32-27-16-15-26(34-35-27)13-6-7-14-30-36-37-31(41-30)33-29(40)19-23-9-4-3-5-10-23/h3-5,8-12,15-16,18,21H,6-7,13-14,17,19-20H2,1-2H3,(H,32,35,39)(H,33,37,40). The Hall–Kier alpha value is -4.31. The van der Waals surface area contributed by atoms with Crippen molar-refractivity contribution in [1.29, 1.82) is 0 Å². The third-order valence-corrected chi connectivity index (χ3v) is 7.36. The van der Waals surface area contributed by atoms with Crippen LogP contribution in [0.1, 0.15) is 66.4 Å². The van der Waals surface area contributed by atoms with E-state index in [9.17, 15) is 14.4 Å². The smallest absolute Gasteiger partial charge is 0.230 e. The van der Waals surface area contributed by atoms with Crippen LogP contribution in [0.25, 0.3) is 0 Å². The van der Waals surface area contributed by atoms with Crippen molar-refractivity contribution >= 4 is 39.9 Å². The molecule has 2 N–H and O–H groups in total. The molecular weight excluding hydrogens is 536 g/mol. The lowest BCUT2D eigenvalue weighted by molar-refractivity contribution is -0.117. The molecule has 41 heavy (non-hydrogen) atoms. The van der Waals surface area contributed by atoms with Gasteiger partial charge in [-0.05, 0) is 60.9 Å². The summed E-state index contributed by atoms with van der Waals surface area (Å²) in [6.45, 7) is 3.60. The number of aromatic nitrogens is 4. The molecular formula is C31H34N6O3S. The minimum Gasteiger partial charge on any atom is -0.309 e. The number of anilines is 2. The number of amides is 2. The van der Waals surface area contributed by atoms with E-state index in [2.05, 4.69) is 31.0 Å². The molecule has 2 amide bonds. The van der Waals surface area contributed by atoms with Crippen LogP contribution in [0.2, 0.25) is 0 Å². The Morgan fingerprint density at radius 1 is 0.780 bits per heavy atom. The van der Waals surface area contributed by atoms with E-state index < -0.39 is 0 Å². The molecule has 4 rings (SSSR count). The van der Waals surface area contributed by atoms with Gasteiger partial charge in [0.2, 0.25) is 16.9 Å². The summed E-state index contributed by atoms with van der Waals surface area (Å²) in [4.78, 5) is 36.2. The first-order chi connectivity index (χ1) is 19.8. The largest absolute Gasteiger partial charge is 0.309 e. The van der Waals surface area contributed by atoms with E-state index >= 15 is 0 Å². The predicted octanol–water partition coefficient (Wildman–Crippen LogP) is 5.34. The van der Waals surface area contributed by atoms with Crippen LogP contribution in [0, 0.1) is 0 Å². The number of hydrogen-bond donors (Lipinski definition) is 2. The minimum absolute atomic E-state index is 0.109. The Kier molecular flexibility index (Phi) is 10.8. The Bertz CT molecular complexity index is 1460. The van der Waals surface area contributed by atoms with E-state index in [1.54, 1.807) is 13.0 Å². The molecule has 0 aliphatic heterocycles. The lowest BCUT2D eigenvalue weighted by Gasteiger charge is -2.11. The highest BCUT2D eigenvalue weighted by atomic mass is 32.1. The van der Waals surface area contributed by atoms with Gasteiger partial charge in [-0.15, -0.1) is 15.3 Å². The Morgan fingerprint density at radius 3 is 2.27 bits per heavy atom. The molecule has 0 radical (unpaired) electrons. The Morgan fingerprint density at radius 2 is 1.51 bits per heavy atom. The number of benzene rings is 2. The van der Waals surface area contributed by atoms with E-state index in [0.29, 0.717) is 23.8 Å². The highest BCUT2D eigenvalue weighted by Crippen LogP contribution is 2.21. The average molecular weight is 571 g/mol. The van der Waals surface area contributed by atoms with Gasteiger partial charge in [0, 0.05) is 12.8 Å². The summed E-state index contributed by atoms with van der Waals surface area (Å²) in [6.07, 6.45) is 4.32. The number of Topliss-reactive ketones (excluding diaryl/α,β-unsaturated/α-hetero) is 1. The van der Waals surface area contributed by atoms with Gasteiger partial charge in [0.25, 0.3) is 0 Å². The molecule has 212 valence electrons. The van der Waals surface area contributed by atoms with Gasteiger partial charge in [0.05, 0.1) is 18.5 Å². The van der Waals surface area contributed by atoms with Crippen molar-refractivity contribution in [3.63, 3.8) is 0 Å². The maximum atomic E-state index is 12.5. The first-order valence-electron chi connectivity index (χ1n) is 13.7. The van der Waals surface area contributed by atoms with Crippen LogP contribution in [-0.2, 0) is 40.1 Å². The maximum Gasteiger partial charge on any atom is 0.230 e. The van der Waals surface area contributed by atoms with Crippen molar-refractivity contribution in [3.05, 3.63) is 94.1 Å². The molecule has 9 nitrogen and oxygen atoms in total. The number of nitrogens with zero attached hydrogens (tertiary/aromatic N) is 4. The van der Waals surface area contributed by atoms with E-state index in [1.807, 2.05) is 67.6 Å². The highest BCUT2D eigenvalue weighted by Gasteiger charge is 2.12. The highest BCUT2D eigenvalue weighted by molar-refractivity contribution is 7.15. The number of nitrogens with one attached hydrogen (secondary N) is 2. The summed E-state index contributed by atoms with van der Waals surface area (Å²) in [5.41, 5.74) is 3.73. The summed E-state index contributed by atoms with van der Waals surface area (Å²) >= 11 is 1.39. The third-order valence-electron chi connectivity index (χ3n) is 6.46. The van der Waals surface area contributed by atoms with E-state index in [4.69, 9.17) is 0 Å². The normalized spacial score (nSPS) is 11.6. The van der Waals surface area contributed by atoms with Crippen LogP contribution >= 0.6 is 11.3 Å². The summed E-state index contributed by atoms with van der Waals surface area (Å²) in [5.74, 6) is 0.395. The second-order valence-corrected chi connectivity index (χ2v) is 11.2. The van der Waals surface area contributed by atoms with E-state index in [1.165, 1.54) is 11.3 Å². The van der Waals surface area contributed by atoms with Gasteiger partial charge in [-0.2, -0.15) is 5.10 Å². The monoisotopic (exact) mass is 570 g/mol. The lowest BCUT2D eigenvalue weighted by atomic mass is 9.94. The van der Waals surface area contributed by atoms with E-state index in [-0.39, 0.29) is 29.9 Å². The van der Waals surface area contributed by atoms with Crippen LogP contribution in [0.3, 0.4) is 0 Å². The molecule has 0 saturated heterocycles. The number of rotatable bonds is 14. The van der Waals surface area contributed by atoms with Gasteiger partial charge in [-0.3, -0.25) is 9.59 Å². The molecule has 1 atom stereocenters. The second-order valence-electron chi connectivity index (χ2n) is 10.1. The molecule has 10 heteroatoms. The zero-order valence-corrected chi connectivity index (χ0v) is 24.1. The zero-order valence-electron chi connectivity index (χ0n) is 23.3. The average Bonchev–Trinajstić information content (AvgIpc) is 3.39. The second kappa shape index (κ2) is 14.9.